The Morgan fingerprint density at radius 1 is 1.37 bits per heavy atom. The number of carbonyl (C=O) groups is 2. The van der Waals surface area contributed by atoms with Crippen LogP contribution in [-0.2, 0) is 16.0 Å². The zero-order chi connectivity index (χ0) is 13.4. The van der Waals surface area contributed by atoms with Gasteiger partial charge >= 0.3 is 0 Å². The smallest absolute Gasteiger partial charge is 0.246 e. The van der Waals surface area contributed by atoms with Crippen molar-refractivity contribution in [3.63, 3.8) is 0 Å². The van der Waals surface area contributed by atoms with Crippen molar-refractivity contribution in [2.24, 2.45) is 0 Å². The molecule has 2 aliphatic rings. The van der Waals surface area contributed by atoms with Gasteiger partial charge in [0.05, 0.1) is 6.26 Å². The van der Waals surface area contributed by atoms with E-state index in [0.29, 0.717) is 13.0 Å². The molecule has 102 valence electrons. The maximum Gasteiger partial charge on any atom is 0.246 e. The molecule has 19 heavy (non-hydrogen) atoms. The molecule has 1 aromatic rings. The van der Waals surface area contributed by atoms with Gasteiger partial charge in [0, 0.05) is 19.5 Å². The van der Waals surface area contributed by atoms with Gasteiger partial charge in [-0.2, -0.15) is 0 Å². The normalized spacial score (nSPS) is 27.0. The van der Waals surface area contributed by atoms with Crippen molar-refractivity contribution in [2.45, 2.75) is 38.3 Å². The van der Waals surface area contributed by atoms with Crippen LogP contribution in [0.1, 0.15) is 25.5 Å². The Kier molecular flexibility index (Phi) is 3.05. The first-order valence-electron chi connectivity index (χ1n) is 6.82. The number of rotatable bonds is 3. The van der Waals surface area contributed by atoms with Crippen molar-refractivity contribution in [3.8, 4) is 0 Å². The first-order chi connectivity index (χ1) is 9.18. The van der Waals surface area contributed by atoms with Crippen LogP contribution in [0, 0.1) is 0 Å². The molecule has 0 saturated carbocycles. The van der Waals surface area contributed by atoms with Gasteiger partial charge in [0.25, 0.3) is 0 Å². The van der Waals surface area contributed by atoms with E-state index in [1.54, 1.807) is 16.1 Å². The fraction of sp³-hybridized carbons (Fsp3) is 0.571. The van der Waals surface area contributed by atoms with Crippen molar-refractivity contribution in [1.82, 2.24) is 9.80 Å². The van der Waals surface area contributed by atoms with Crippen molar-refractivity contribution >= 4 is 11.8 Å². The predicted octanol–water partition coefficient (Wildman–Crippen LogP) is 1.04. The molecule has 3 rings (SSSR count). The molecule has 3 heterocycles. The summed E-state index contributed by atoms with van der Waals surface area (Å²) < 4.78 is 5.28. The van der Waals surface area contributed by atoms with Gasteiger partial charge in [-0.25, -0.2) is 0 Å². The average Bonchev–Trinajstić information content (AvgIpc) is 3.07. The zero-order valence-electron chi connectivity index (χ0n) is 11.0. The number of carbonyl (C=O) groups excluding carboxylic acids is 2. The maximum absolute atomic E-state index is 12.4. The molecule has 1 aromatic heterocycles. The summed E-state index contributed by atoms with van der Waals surface area (Å²) in [7, 11) is 0. The number of hydrogen-bond acceptors (Lipinski definition) is 3. The molecular weight excluding hydrogens is 244 g/mol. The monoisotopic (exact) mass is 262 g/mol. The topological polar surface area (TPSA) is 53.8 Å². The Morgan fingerprint density at radius 2 is 2.21 bits per heavy atom. The Hall–Kier alpha value is -1.78. The van der Waals surface area contributed by atoms with E-state index in [1.807, 2.05) is 19.1 Å². The molecule has 2 fully saturated rings. The number of piperazine rings is 1. The van der Waals surface area contributed by atoms with Crippen molar-refractivity contribution < 1.29 is 14.0 Å². The minimum Gasteiger partial charge on any atom is -0.469 e. The van der Waals surface area contributed by atoms with Crippen LogP contribution in [0.2, 0.25) is 0 Å². The molecule has 2 saturated heterocycles. The highest BCUT2D eigenvalue weighted by Gasteiger charge is 2.45. The van der Waals surface area contributed by atoms with Crippen molar-refractivity contribution in [1.29, 1.82) is 0 Å². The molecule has 0 spiro atoms. The second kappa shape index (κ2) is 4.72. The van der Waals surface area contributed by atoms with Gasteiger partial charge in [-0.05, 0) is 31.9 Å². The van der Waals surface area contributed by atoms with Crippen LogP contribution in [0.25, 0.3) is 0 Å². The van der Waals surface area contributed by atoms with Gasteiger partial charge in [0.2, 0.25) is 11.8 Å². The fourth-order valence-electron chi connectivity index (χ4n) is 3.03. The highest BCUT2D eigenvalue weighted by molar-refractivity contribution is 5.97. The quantitative estimate of drug-likeness (QED) is 0.818. The lowest BCUT2D eigenvalue weighted by Gasteiger charge is -2.40. The van der Waals surface area contributed by atoms with Crippen molar-refractivity contribution in [2.75, 3.05) is 13.1 Å². The average molecular weight is 262 g/mol. The van der Waals surface area contributed by atoms with E-state index in [9.17, 15) is 9.59 Å². The minimum absolute atomic E-state index is 0.0848. The van der Waals surface area contributed by atoms with E-state index in [4.69, 9.17) is 4.42 Å². The predicted molar refractivity (Wildman–Crippen MR) is 68.3 cm³/mol. The van der Waals surface area contributed by atoms with Gasteiger partial charge in [-0.15, -0.1) is 0 Å². The molecule has 2 amide bonds. The Bertz CT molecular complexity index is 483. The first kappa shape index (κ1) is 12.3. The number of furan rings is 1. The molecule has 0 bridgehead atoms. The van der Waals surface area contributed by atoms with Crippen LogP contribution >= 0.6 is 0 Å². The second-order valence-electron chi connectivity index (χ2n) is 5.23. The number of hydrogen-bond donors (Lipinski definition) is 0. The second-order valence-corrected chi connectivity index (χ2v) is 5.23. The van der Waals surface area contributed by atoms with Crippen LogP contribution in [-0.4, -0.2) is 46.8 Å². The number of fused-ring (bicyclic) bond motifs is 1. The first-order valence-corrected chi connectivity index (χ1v) is 6.82. The van der Waals surface area contributed by atoms with E-state index < -0.39 is 0 Å². The Labute approximate surface area is 112 Å². The largest absolute Gasteiger partial charge is 0.469 e. The van der Waals surface area contributed by atoms with Gasteiger partial charge in [0.15, 0.2) is 0 Å². The van der Waals surface area contributed by atoms with E-state index in [2.05, 4.69) is 0 Å². The van der Waals surface area contributed by atoms with Crippen LogP contribution < -0.4 is 0 Å². The zero-order valence-corrected chi connectivity index (χ0v) is 11.0. The highest BCUT2D eigenvalue weighted by atomic mass is 16.3. The molecule has 2 atom stereocenters. The van der Waals surface area contributed by atoms with Crippen LogP contribution in [0.3, 0.4) is 0 Å². The third-order valence-corrected chi connectivity index (χ3v) is 4.11. The third-order valence-electron chi connectivity index (χ3n) is 4.11. The molecular formula is C14H18N2O3. The van der Waals surface area contributed by atoms with Crippen LogP contribution in [0.15, 0.2) is 22.8 Å². The molecule has 0 aliphatic carbocycles. The molecule has 0 radical (unpaired) electrons. The summed E-state index contributed by atoms with van der Waals surface area (Å²) in [6, 6.07) is 3.15. The maximum atomic E-state index is 12.4. The molecule has 5 nitrogen and oxygen atoms in total. The Morgan fingerprint density at radius 3 is 2.95 bits per heavy atom. The van der Waals surface area contributed by atoms with Gasteiger partial charge in [-0.3, -0.25) is 9.59 Å². The summed E-state index contributed by atoms with van der Waals surface area (Å²) in [4.78, 5) is 28.1. The van der Waals surface area contributed by atoms with Crippen LogP contribution in [0.5, 0.6) is 0 Å². The van der Waals surface area contributed by atoms with Crippen LogP contribution in [0.4, 0.5) is 0 Å². The summed E-state index contributed by atoms with van der Waals surface area (Å²) in [6.07, 6.45) is 4.01. The molecule has 0 aromatic carbocycles. The van der Waals surface area contributed by atoms with E-state index in [1.165, 1.54) is 0 Å². The number of nitrogens with zero attached hydrogens (tertiary/aromatic N) is 2. The highest BCUT2D eigenvalue weighted by Crippen LogP contribution is 2.26. The third kappa shape index (κ3) is 2.03. The van der Waals surface area contributed by atoms with Gasteiger partial charge in [-0.1, -0.05) is 0 Å². The lowest BCUT2D eigenvalue weighted by Crippen LogP contribution is -2.62. The molecule has 2 unspecified atom stereocenters. The molecule has 5 heteroatoms. The summed E-state index contributed by atoms with van der Waals surface area (Å²) in [5, 5.41) is 0. The van der Waals surface area contributed by atoms with Gasteiger partial charge in [0.1, 0.15) is 17.8 Å². The molecule has 2 aliphatic heterocycles. The van der Waals surface area contributed by atoms with E-state index in [-0.39, 0.29) is 23.9 Å². The fourth-order valence-corrected chi connectivity index (χ4v) is 3.03. The summed E-state index contributed by atoms with van der Waals surface area (Å²) in [5.41, 5.74) is 0. The summed E-state index contributed by atoms with van der Waals surface area (Å²) >= 11 is 0. The molecule has 0 N–H and O–H groups in total. The number of amides is 2. The van der Waals surface area contributed by atoms with Gasteiger partial charge < -0.3 is 14.2 Å². The minimum atomic E-state index is -0.350. The Balaban J connectivity index is 1.72. The van der Waals surface area contributed by atoms with E-state index >= 15 is 0 Å². The summed E-state index contributed by atoms with van der Waals surface area (Å²) in [6.45, 7) is 3.09. The summed E-state index contributed by atoms with van der Waals surface area (Å²) in [5.74, 6) is 1.03. The SMILES string of the molecule is CC1C(=O)N2CCCC2C(=O)N1CCc1ccco1. The van der Waals surface area contributed by atoms with E-state index in [0.717, 1.165) is 25.1 Å². The van der Waals surface area contributed by atoms with Crippen molar-refractivity contribution in [3.05, 3.63) is 24.2 Å². The standard InChI is InChI=1S/C14H18N2O3/c1-10-13(17)16-7-2-5-12(16)14(18)15(10)8-6-11-4-3-9-19-11/h3-4,9-10,12H,2,5-8H2,1H3. The lowest BCUT2D eigenvalue weighted by atomic mass is 10.1. The lowest BCUT2D eigenvalue weighted by molar-refractivity contribution is -0.158.